The van der Waals surface area contributed by atoms with E-state index in [1.807, 2.05) is 6.92 Å². The average molecular weight is 467 g/mol. The van der Waals surface area contributed by atoms with Gasteiger partial charge in [0.25, 0.3) is 0 Å². The number of rotatable bonds is 7. The number of ketones is 1. The molecule has 0 spiro atoms. The SMILES string of the molecule is CCC(=O)CSC1CCC(Sc2c(O)cc(C3CCCCC3)oc2=O)C(C(C)(C)C)C1. The van der Waals surface area contributed by atoms with E-state index in [9.17, 15) is 14.7 Å². The summed E-state index contributed by atoms with van der Waals surface area (Å²) in [5.41, 5.74) is -0.299. The topological polar surface area (TPSA) is 67.5 Å². The molecule has 1 aromatic rings. The summed E-state index contributed by atoms with van der Waals surface area (Å²) in [6, 6.07) is 1.70. The van der Waals surface area contributed by atoms with Gasteiger partial charge in [0.05, 0.1) is 5.75 Å². The van der Waals surface area contributed by atoms with Crippen molar-refractivity contribution in [3.05, 3.63) is 22.2 Å². The summed E-state index contributed by atoms with van der Waals surface area (Å²) >= 11 is 3.30. The minimum absolute atomic E-state index is 0.0829. The molecule has 2 aliphatic carbocycles. The van der Waals surface area contributed by atoms with Crippen molar-refractivity contribution in [3.63, 3.8) is 0 Å². The Morgan fingerprint density at radius 3 is 2.48 bits per heavy atom. The molecule has 3 atom stereocenters. The summed E-state index contributed by atoms with van der Waals surface area (Å²) in [5.74, 6) is 2.31. The predicted octanol–water partition coefficient (Wildman–Crippen LogP) is 6.78. The first-order chi connectivity index (χ1) is 14.7. The zero-order valence-corrected chi connectivity index (χ0v) is 21.1. The molecule has 6 heteroatoms. The molecule has 1 heterocycles. The fraction of sp³-hybridized carbons (Fsp3) is 0.760. The maximum absolute atomic E-state index is 12.8. The summed E-state index contributed by atoms with van der Waals surface area (Å²) in [6.45, 7) is 8.68. The van der Waals surface area contributed by atoms with Gasteiger partial charge in [-0.15, -0.1) is 11.8 Å². The lowest BCUT2D eigenvalue weighted by atomic mass is 9.72. The third-order valence-electron chi connectivity index (χ3n) is 6.91. The van der Waals surface area contributed by atoms with Gasteiger partial charge in [-0.1, -0.05) is 47.0 Å². The second-order valence-electron chi connectivity index (χ2n) is 10.3. The van der Waals surface area contributed by atoms with Crippen LogP contribution in [0.2, 0.25) is 0 Å². The molecule has 2 saturated carbocycles. The molecular formula is C25H38O4S2. The molecule has 3 unspecified atom stereocenters. The van der Waals surface area contributed by atoms with Crippen LogP contribution in [0.1, 0.15) is 97.2 Å². The van der Waals surface area contributed by atoms with Crippen LogP contribution in [0.3, 0.4) is 0 Å². The highest BCUT2D eigenvalue weighted by Gasteiger charge is 2.39. The molecule has 31 heavy (non-hydrogen) atoms. The molecule has 174 valence electrons. The summed E-state index contributed by atoms with van der Waals surface area (Å²) in [4.78, 5) is 24.9. The molecule has 2 aliphatic rings. The van der Waals surface area contributed by atoms with Crippen LogP contribution in [0.15, 0.2) is 20.2 Å². The van der Waals surface area contributed by atoms with E-state index in [1.165, 1.54) is 18.2 Å². The monoisotopic (exact) mass is 466 g/mol. The average Bonchev–Trinajstić information content (AvgIpc) is 2.74. The fourth-order valence-electron chi connectivity index (χ4n) is 4.96. The predicted molar refractivity (Wildman–Crippen MR) is 130 cm³/mol. The van der Waals surface area contributed by atoms with Crippen LogP contribution in [-0.2, 0) is 4.79 Å². The van der Waals surface area contributed by atoms with Crippen molar-refractivity contribution >= 4 is 29.3 Å². The molecule has 1 N–H and O–H groups in total. The number of thioether (sulfide) groups is 2. The Bertz CT molecular complexity index is 805. The van der Waals surface area contributed by atoms with Gasteiger partial charge in [-0.2, -0.15) is 11.8 Å². The molecule has 0 aliphatic heterocycles. The van der Waals surface area contributed by atoms with E-state index in [0.29, 0.717) is 39.8 Å². The Balaban J connectivity index is 1.73. The van der Waals surface area contributed by atoms with Crippen molar-refractivity contribution in [2.75, 3.05) is 5.75 Å². The van der Waals surface area contributed by atoms with E-state index in [1.54, 1.807) is 17.8 Å². The van der Waals surface area contributed by atoms with Crippen LogP contribution >= 0.6 is 23.5 Å². The van der Waals surface area contributed by atoms with Gasteiger partial charge in [-0.05, 0) is 43.4 Å². The number of hydrogen-bond donors (Lipinski definition) is 1. The third kappa shape index (κ3) is 6.56. The normalized spacial score (nSPS) is 25.5. The molecule has 2 fully saturated rings. The Kier molecular flexibility index (Phi) is 8.65. The van der Waals surface area contributed by atoms with Crippen LogP contribution < -0.4 is 5.63 Å². The first-order valence-corrected chi connectivity index (χ1v) is 13.8. The third-order valence-corrected chi connectivity index (χ3v) is 9.78. The van der Waals surface area contributed by atoms with Crippen LogP contribution in [0.4, 0.5) is 0 Å². The van der Waals surface area contributed by atoms with Crippen LogP contribution in [-0.4, -0.2) is 27.1 Å². The van der Waals surface area contributed by atoms with Gasteiger partial charge in [0.15, 0.2) is 0 Å². The lowest BCUT2D eigenvalue weighted by Gasteiger charge is -2.43. The van der Waals surface area contributed by atoms with Crippen molar-refractivity contribution in [1.82, 2.24) is 0 Å². The second-order valence-corrected chi connectivity index (χ2v) is 12.8. The van der Waals surface area contributed by atoms with E-state index in [4.69, 9.17) is 4.42 Å². The molecule has 0 radical (unpaired) electrons. The maximum Gasteiger partial charge on any atom is 0.353 e. The highest BCUT2D eigenvalue weighted by Crippen LogP contribution is 2.49. The highest BCUT2D eigenvalue weighted by atomic mass is 32.2. The molecular weight excluding hydrogens is 428 g/mol. The number of aromatic hydroxyl groups is 1. The largest absolute Gasteiger partial charge is 0.506 e. The van der Waals surface area contributed by atoms with Gasteiger partial charge in [0.2, 0.25) is 0 Å². The van der Waals surface area contributed by atoms with Gasteiger partial charge in [-0.25, -0.2) is 4.79 Å². The number of hydrogen-bond acceptors (Lipinski definition) is 6. The van der Waals surface area contributed by atoms with Gasteiger partial charge >= 0.3 is 5.63 Å². The Morgan fingerprint density at radius 2 is 1.87 bits per heavy atom. The van der Waals surface area contributed by atoms with Crippen molar-refractivity contribution in [2.24, 2.45) is 11.3 Å². The van der Waals surface area contributed by atoms with Gasteiger partial charge in [0.1, 0.15) is 22.2 Å². The smallest absolute Gasteiger partial charge is 0.353 e. The first-order valence-electron chi connectivity index (χ1n) is 11.9. The summed E-state index contributed by atoms with van der Waals surface area (Å²) in [6.07, 6.45) is 9.27. The fourth-order valence-corrected chi connectivity index (χ4v) is 7.79. The second kappa shape index (κ2) is 10.8. The minimum atomic E-state index is -0.386. The minimum Gasteiger partial charge on any atom is -0.506 e. The summed E-state index contributed by atoms with van der Waals surface area (Å²) in [7, 11) is 0. The van der Waals surface area contributed by atoms with E-state index < -0.39 is 0 Å². The summed E-state index contributed by atoms with van der Waals surface area (Å²) < 4.78 is 5.71. The van der Waals surface area contributed by atoms with Crippen LogP contribution in [0.5, 0.6) is 5.75 Å². The molecule has 4 nitrogen and oxygen atoms in total. The lowest BCUT2D eigenvalue weighted by molar-refractivity contribution is -0.116. The van der Waals surface area contributed by atoms with Crippen LogP contribution in [0, 0.1) is 11.3 Å². The van der Waals surface area contributed by atoms with Crippen molar-refractivity contribution in [1.29, 1.82) is 0 Å². The van der Waals surface area contributed by atoms with Gasteiger partial charge in [-0.3, -0.25) is 4.79 Å². The van der Waals surface area contributed by atoms with E-state index >= 15 is 0 Å². The molecule has 0 saturated heterocycles. The van der Waals surface area contributed by atoms with Gasteiger partial charge < -0.3 is 9.52 Å². The standard InChI is InChI=1S/C25H38O4S2/c1-5-17(26)15-30-18-11-12-22(19(13-18)25(2,3)4)31-23-20(27)14-21(29-24(23)28)16-9-7-6-8-10-16/h14,16,18-19,22,27H,5-13,15H2,1-4H3. The van der Waals surface area contributed by atoms with Crippen LogP contribution in [0.25, 0.3) is 0 Å². The Hall–Kier alpha value is -0.880. The highest BCUT2D eigenvalue weighted by molar-refractivity contribution is 8.00. The molecule has 3 rings (SSSR count). The number of carbonyl (C=O) groups excluding carboxylic acids is 1. The van der Waals surface area contributed by atoms with E-state index in [-0.39, 0.29) is 28.0 Å². The molecule has 0 bridgehead atoms. The maximum atomic E-state index is 12.8. The molecule has 0 aromatic carbocycles. The number of carbonyl (C=O) groups is 1. The van der Waals surface area contributed by atoms with Crippen molar-refractivity contribution < 1.29 is 14.3 Å². The van der Waals surface area contributed by atoms with Gasteiger partial charge in [0, 0.05) is 28.9 Å². The molecule has 0 amide bonds. The Morgan fingerprint density at radius 1 is 1.16 bits per heavy atom. The van der Waals surface area contributed by atoms with E-state index in [2.05, 4.69) is 20.8 Å². The lowest BCUT2D eigenvalue weighted by Crippen LogP contribution is -2.37. The zero-order valence-electron chi connectivity index (χ0n) is 19.4. The first kappa shape index (κ1) is 24.8. The number of Topliss-reactive ketones (excluding diaryl/α,β-unsaturated/α-hetero) is 1. The Labute approximate surface area is 195 Å². The quantitative estimate of drug-likeness (QED) is 0.478. The van der Waals surface area contributed by atoms with Crippen molar-refractivity contribution in [3.8, 4) is 5.75 Å². The van der Waals surface area contributed by atoms with E-state index in [0.717, 1.165) is 44.9 Å². The zero-order chi connectivity index (χ0) is 22.6. The van der Waals surface area contributed by atoms with Crippen molar-refractivity contribution in [2.45, 2.75) is 107 Å². The summed E-state index contributed by atoms with van der Waals surface area (Å²) in [5, 5.41) is 11.5. The molecule has 1 aromatic heterocycles.